The van der Waals surface area contributed by atoms with Crippen molar-refractivity contribution in [1.82, 2.24) is 9.76 Å². The molecular formula is C8H19N2O2PS. The summed E-state index contributed by atoms with van der Waals surface area (Å²) in [6.45, 7) is 3.57. The number of carbonyl (C=O) groups excluding carboxylic acids is 1. The molecule has 1 N–H and O–H groups in total. The molecule has 0 aliphatic rings. The van der Waals surface area contributed by atoms with Crippen molar-refractivity contribution in [3.05, 3.63) is 0 Å². The first-order valence-electron chi connectivity index (χ1n) is 4.73. The van der Waals surface area contributed by atoms with E-state index in [-0.39, 0.29) is 5.25 Å². The molecule has 1 amide bonds. The zero-order valence-corrected chi connectivity index (χ0v) is 10.9. The van der Waals surface area contributed by atoms with Gasteiger partial charge in [0.2, 0.25) is 6.41 Å². The van der Waals surface area contributed by atoms with Crippen molar-refractivity contribution >= 4 is 24.4 Å². The molecule has 2 atom stereocenters. The predicted molar refractivity (Wildman–Crippen MR) is 62.5 cm³/mol. The largest absolute Gasteiger partial charge is 0.294 e. The van der Waals surface area contributed by atoms with Crippen LogP contribution >= 0.6 is 18.0 Å². The van der Waals surface area contributed by atoms with Crippen LogP contribution in [0.3, 0.4) is 0 Å². The quantitative estimate of drug-likeness (QED) is 0.546. The Morgan fingerprint density at radius 2 is 2.14 bits per heavy atom. The summed E-state index contributed by atoms with van der Waals surface area (Å²) < 4.78 is 13.6. The average Bonchev–Trinajstić information content (AvgIpc) is 2.19. The molecule has 0 heterocycles. The highest BCUT2D eigenvalue weighted by atomic mass is 32.7. The fourth-order valence-electron chi connectivity index (χ4n) is 0.883. The summed E-state index contributed by atoms with van der Waals surface area (Å²) in [7, 11) is 1.63. The van der Waals surface area contributed by atoms with Crippen molar-refractivity contribution in [3.8, 4) is 0 Å². The predicted octanol–water partition coefficient (Wildman–Crippen LogP) is 2.32. The first-order chi connectivity index (χ1) is 6.53. The summed E-state index contributed by atoms with van der Waals surface area (Å²) >= 11 is 1.34. The summed E-state index contributed by atoms with van der Waals surface area (Å²) in [5.41, 5.74) is 0. The first-order valence-corrected chi connectivity index (χ1v) is 7.88. The average molecular weight is 238 g/mol. The summed E-state index contributed by atoms with van der Waals surface area (Å²) in [6, 6.07) is 0. The second-order valence-electron chi connectivity index (χ2n) is 2.93. The summed E-state index contributed by atoms with van der Waals surface area (Å²) in [4.78, 5) is 10.7. The summed E-state index contributed by atoms with van der Waals surface area (Å²) in [5, 5.41) is 3.04. The van der Waals surface area contributed by atoms with Crippen LogP contribution in [0.25, 0.3) is 0 Å². The maximum absolute atomic E-state index is 12.3. The van der Waals surface area contributed by atoms with Crippen LogP contribution in [0.2, 0.25) is 0 Å². The smallest absolute Gasteiger partial charge is 0.278 e. The summed E-state index contributed by atoms with van der Waals surface area (Å²) in [6.07, 6.45) is 1.58. The Morgan fingerprint density at radius 1 is 1.57 bits per heavy atom. The van der Waals surface area contributed by atoms with Crippen LogP contribution < -0.4 is 5.09 Å². The van der Waals surface area contributed by atoms with Gasteiger partial charge < -0.3 is 0 Å². The van der Waals surface area contributed by atoms with Crippen LogP contribution in [0.1, 0.15) is 27.2 Å². The lowest BCUT2D eigenvalue weighted by atomic mass is 10.4. The topological polar surface area (TPSA) is 49.4 Å². The Labute approximate surface area is 90.0 Å². The molecule has 0 saturated carbocycles. The summed E-state index contributed by atoms with van der Waals surface area (Å²) in [5.74, 6) is 0. The van der Waals surface area contributed by atoms with Crippen molar-refractivity contribution in [2.75, 3.05) is 13.6 Å². The number of hydrogen-bond donors (Lipinski definition) is 1. The van der Waals surface area contributed by atoms with Crippen LogP contribution in [0.4, 0.5) is 0 Å². The van der Waals surface area contributed by atoms with Gasteiger partial charge in [0, 0.05) is 11.8 Å². The van der Waals surface area contributed by atoms with E-state index in [1.807, 2.05) is 20.8 Å². The lowest BCUT2D eigenvalue weighted by Crippen LogP contribution is -2.24. The molecule has 0 fully saturated rings. The third-order valence-corrected chi connectivity index (χ3v) is 7.68. The molecule has 0 aromatic rings. The van der Waals surface area contributed by atoms with Gasteiger partial charge in [-0.3, -0.25) is 14.0 Å². The second-order valence-corrected chi connectivity index (χ2v) is 8.06. The van der Waals surface area contributed by atoms with Gasteiger partial charge in [0.25, 0.3) is 6.65 Å². The Balaban J connectivity index is 4.60. The maximum atomic E-state index is 12.3. The van der Waals surface area contributed by atoms with Crippen LogP contribution in [0.5, 0.6) is 0 Å². The van der Waals surface area contributed by atoms with Crippen LogP contribution in [0, 0.1) is 0 Å². The third-order valence-electron chi connectivity index (χ3n) is 1.96. The number of carbonyl (C=O) groups is 1. The van der Waals surface area contributed by atoms with E-state index in [1.54, 1.807) is 7.05 Å². The van der Waals surface area contributed by atoms with Crippen molar-refractivity contribution < 1.29 is 9.36 Å². The highest BCUT2D eigenvalue weighted by molar-refractivity contribution is 8.57. The molecular weight excluding hydrogens is 219 g/mol. The highest BCUT2D eigenvalue weighted by Crippen LogP contribution is 2.58. The van der Waals surface area contributed by atoms with E-state index in [2.05, 4.69) is 5.09 Å². The second kappa shape index (κ2) is 6.49. The van der Waals surface area contributed by atoms with Gasteiger partial charge in [-0.05, 0) is 20.4 Å². The molecule has 0 radical (unpaired) electrons. The molecule has 14 heavy (non-hydrogen) atoms. The first kappa shape index (κ1) is 14.0. The normalized spacial score (nSPS) is 17.1. The minimum Gasteiger partial charge on any atom is -0.278 e. The molecule has 0 rings (SSSR count). The number of hydrogen-bond acceptors (Lipinski definition) is 3. The molecule has 0 aliphatic heterocycles. The zero-order chi connectivity index (χ0) is 11.2. The third kappa shape index (κ3) is 3.64. The molecule has 6 heteroatoms. The SMILES string of the molecule is CCC(C)SP(=O)(NC)N(C=O)CC. The molecule has 0 aromatic carbocycles. The molecule has 2 unspecified atom stereocenters. The molecule has 0 aromatic heterocycles. The van der Waals surface area contributed by atoms with Gasteiger partial charge in [0.05, 0.1) is 0 Å². The standard InChI is InChI=1S/C8H19N2O2PS/c1-5-8(3)14-13(12,9-4)10(6-2)7-11/h7-8H,5-6H2,1-4H3,(H,9,12). The van der Waals surface area contributed by atoms with E-state index >= 15 is 0 Å². The Bertz CT molecular complexity index is 225. The minimum absolute atomic E-state index is 0.280. The van der Waals surface area contributed by atoms with E-state index in [4.69, 9.17) is 0 Å². The Kier molecular flexibility index (Phi) is 6.49. The van der Waals surface area contributed by atoms with Crippen molar-refractivity contribution in [1.29, 1.82) is 0 Å². The fourth-order valence-corrected chi connectivity index (χ4v) is 5.55. The molecule has 0 aliphatic carbocycles. The van der Waals surface area contributed by atoms with E-state index in [1.165, 1.54) is 16.1 Å². The molecule has 4 nitrogen and oxygen atoms in total. The van der Waals surface area contributed by atoms with Crippen LogP contribution in [-0.2, 0) is 9.36 Å². The van der Waals surface area contributed by atoms with E-state index < -0.39 is 6.65 Å². The molecule has 0 spiro atoms. The van der Waals surface area contributed by atoms with E-state index in [9.17, 15) is 9.36 Å². The van der Waals surface area contributed by atoms with Gasteiger partial charge in [-0.2, -0.15) is 0 Å². The number of nitrogens with one attached hydrogen (secondary N) is 1. The van der Waals surface area contributed by atoms with Crippen molar-refractivity contribution in [3.63, 3.8) is 0 Å². The highest BCUT2D eigenvalue weighted by Gasteiger charge is 2.29. The van der Waals surface area contributed by atoms with Crippen LogP contribution in [-0.4, -0.2) is 29.9 Å². The Morgan fingerprint density at radius 3 is 2.43 bits per heavy atom. The molecule has 0 bridgehead atoms. The van der Waals surface area contributed by atoms with Gasteiger partial charge in [-0.1, -0.05) is 25.2 Å². The van der Waals surface area contributed by atoms with Gasteiger partial charge in [-0.15, -0.1) is 0 Å². The van der Waals surface area contributed by atoms with Crippen molar-refractivity contribution in [2.45, 2.75) is 32.4 Å². The van der Waals surface area contributed by atoms with Gasteiger partial charge in [0.15, 0.2) is 0 Å². The maximum Gasteiger partial charge on any atom is 0.294 e. The number of nitrogens with zero attached hydrogens (tertiary/aromatic N) is 1. The number of amides is 1. The van der Waals surface area contributed by atoms with Gasteiger partial charge >= 0.3 is 0 Å². The Hall–Kier alpha value is 0.0100. The zero-order valence-electron chi connectivity index (χ0n) is 9.19. The fraction of sp³-hybridized carbons (Fsp3) is 0.875. The van der Waals surface area contributed by atoms with E-state index in [0.29, 0.717) is 13.0 Å². The van der Waals surface area contributed by atoms with Gasteiger partial charge in [0.1, 0.15) is 0 Å². The number of rotatable bonds is 7. The minimum atomic E-state index is -2.75. The van der Waals surface area contributed by atoms with Crippen molar-refractivity contribution in [2.24, 2.45) is 0 Å². The lowest BCUT2D eigenvalue weighted by Gasteiger charge is -2.27. The van der Waals surface area contributed by atoms with Crippen LogP contribution in [0.15, 0.2) is 0 Å². The van der Waals surface area contributed by atoms with E-state index in [0.717, 1.165) is 6.42 Å². The lowest BCUT2D eigenvalue weighted by molar-refractivity contribution is -0.114. The monoisotopic (exact) mass is 238 g/mol. The molecule has 84 valence electrons. The van der Waals surface area contributed by atoms with Gasteiger partial charge in [-0.25, -0.2) is 5.09 Å². The molecule has 0 saturated heterocycles.